The summed E-state index contributed by atoms with van der Waals surface area (Å²) in [6, 6.07) is 1.99. The molecule has 0 atom stereocenters. The zero-order valence-electron chi connectivity index (χ0n) is 20.5. The van der Waals surface area contributed by atoms with E-state index < -0.39 is 0 Å². The Hall–Kier alpha value is -1.70. The number of rotatable bonds is 11. The van der Waals surface area contributed by atoms with Gasteiger partial charge in [0.2, 0.25) is 0 Å². The predicted octanol–water partition coefficient (Wildman–Crippen LogP) is 3.69. The van der Waals surface area contributed by atoms with Crippen LogP contribution in [0.1, 0.15) is 56.9 Å². The van der Waals surface area contributed by atoms with Crippen LogP contribution in [0, 0.1) is 11.8 Å². The van der Waals surface area contributed by atoms with Crippen molar-refractivity contribution in [2.45, 2.75) is 64.1 Å². The van der Waals surface area contributed by atoms with Crippen molar-refractivity contribution in [2.75, 3.05) is 58.5 Å². The number of anilines is 1. The molecule has 4 rings (SSSR count). The van der Waals surface area contributed by atoms with Gasteiger partial charge in [0, 0.05) is 77.8 Å². The highest BCUT2D eigenvalue weighted by atomic mass is 16.7. The highest BCUT2D eigenvalue weighted by Gasteiger charge is 2.26. The first kappa shape index (κ1) is 24.4. The number of ketones is 1. The molecule has 3 aliphatic rings. The van der Waals surface area contributed by atoms with Gasteiger partial charge in [0.1, 0.15) is 17.4 Å². The molecule has 0 radical (unpaired) electrons. The summed E-state index contributed by atoms with van der Waals surface area (Å²) < 4.78 is 16.1. The zero-order valence-corrected chi connectivity index (χ0v) is 20.5. The molecule has 1 aromatic heterocycles. The van der Waals surface area contributed by atoms with Gasteiger partial charge >= 0.3 is 0 Å². The van der Waals surface area contributed by atoms with Crippen molar-refractivity contribution in [3.63, 3.8) is 0 Å². The van der Waals surface area contributed by atoms with Crippen LogP contribution in [0.4, 0.5) is 5.82 Å². The molecule has 0 spiro atoms. The lowest BCUT2D eigenvalue weighted by Gasteiger charge is -2.37. The number of fused-ring (bicyclic) bond motifs is 1. The van der Waals surface area contributed by atoms with Gasteiger partial charge < -0.3 is 19.1 Å². The van der Waals surface area contributed by atoms with Gasteiger partial charge in [0.25, 0.3) is 0 Å². The van der Waals surface area contributed by atoms with E-state index in [0.29, 0.717) is 24.5 Å². The largest absolute Gasteiger partial charge is 0.493 e. The van der Waals surface area contributed by atoms with Crippen LogP contribution in [0.25, 0.3) is 0 Å². The number of carbonyl (C=O) groups is 1. The van der Waals surface area contributed by atoms with Crippen molar-refractivity contribution in [3.05, 3.63) is 17.8 Å². The van der Waals surface area contributed by atoms with E-state index in [9.17, 15) is 4.79 Å². The maximum Gasteiger partial charge on any atom is 0.157 e. The summed E-state index contributed by atoms with van der Waals surface area (Å²) in [5.41, 5.74) is 1.29. The second kappa shape index (κ2) is 12.1. The van der Waals surface area contributed by atoms with E-state index in [-0.39, 0.29) is 6.29 Å². The van der Waals surface area contributed by atoms with Crippen molar-refractivity contribution in [1.82, 2.24) is 9.88 Å². The van der Waals surface area contributed by atoms with Crippen molar-refractivity contribution in [1.29, 1.82) is 0 Å². The predicted molar refractivity (Wildman–Crippen MR) is 129 cm³/mol. The topological polar surface area (TPSA) is 64.1 Å². The van der Waals surface area contributed by atoms with E-state index >= 15 is 0 Å². The normalized spacial score (nSPS) is 23.5. The standard InChI is InChI=1S/C26H41N3O4/c1-31-25(32-2)8-7-22(30)19-21-5-3-20(4-6-21)10-13-28-14-16-29(17-15-28)26-23-11-18-33-24(23)9-12-27-26/h9,12,20-21,25H,3-8,10-11,13-19H2,1-2H3. The Bertz CT molecular complexity index is 754. The van der Waals surface area contributed by atoms with Gasteiger partial charge in [-0.25, -0.2) is 4.98 Å². The fourth-order valence-corrected chi connectivity index (χ4v) is 5.68. The van der Waals surface area contributed by atoms with Crippen molar-refractivity contribution >= 4 is 11.6 Å². The third kappa shape index (κ3) is 6.67. The third-order valence-electron chi connectivity index (χ3n) is 7.79. The van der Waals surface area contributed by atoms with Gasteiger partial charge in [0.05, 0.1) is 6.61 Å². The molecule has 1 aromatic rings. The molecule has 1 aliphatic carbocycles. The second-order valence-corrected chi connectivity index (χ2v) is 9.90. The highest BCUT2D eigenvalue weighted by Crippen LogP contribution is 2.34. The minimum absolute atomic E-state index is 0.259. The summed E-state index contributed by atoms with van der Waals surface area (Å²) in [7, 11) is 3.25. The zero-order chi connectivity index (χ0) is 23.0. The van der Waals surface area contributed by atoms with E-state index in [1.807, 2.05) is 12.3 Å². The molecule has 0 aromatic carbocycles. The number of hydrogen-bond donors (Lipinski definition) is 0. The number of carbonyl (C=O) groups excluding carboxylic acids is 1. The van der Waals surface area contributed by atoms with Gasteiger partial charge in [-0.2, -0.15) is 0 Å². The van der Waals surface area contributed by atoms with Gasteiger partial charge in [0.15, 0.2) is 6.29 Å². The molecule has 7 nitrogen and oxygen atoms in total. The molecule has 7 heteroatoms. The molecule has 33 heavy (non-hydrogen) atoms. The molecule has 184 valence electrons. The van der Waals surface area contributed by atoms with Gasteiger partial charge in [-0.1, -0.05) is 12.8 Å². The Kier molecular flexibility index (Phi) is 8.98. The number of hydrogen-bond acceptors (Lipinski definition) is 7. The van der Waals surface area contributed by atoms with E-state index in [2.05, 4.69) is 14.8 Å². The summed E-state index contributed by atoms with van der Waals surface area (Å²) in [5.74, 6) is 3.91. The van der Waals surface area contributed by atoms with Crippen molar-refractivity contribution in [3.8, 4) is 5.75 Å². The van der Waals surface area contributed by atoms with Crippen LogP contribution in [0.2, 0.25) is 0 Å². The molecule has 3 heterocycles. The molecule has 0 N–H and O–H groups in total. The summed E-state index contributed by atoms with van der Waals surface area (Å²) >= 11 is 0. The Morgan fingerprint density at radius 2 is 1.85 bits per heavy atom. The molecule has 1 saturated heterocycles. The maximum atomic E-state index is 12.3. The van der Waals surface area contributed by atoms with Gasteiger partial charge in [-0.05, 0) is 43.7 Å². The number of ether oxygens (including phenoxy) is 3. The summed E-state index contributed by atoms with van der Waals surface area (Å²) in [6.45, 7) is 6.30. The highest BCUT2D eigenvalue weighted by molar-refractivity contribution is 5.78. The minimum atomic E-state index is -0.259. The number of Topliss-reactive ketones (excluding diaryl/α,β-unsaturated/α-hetero) is 1. The van der Waals surface area contributed by atoms with E-state index in [4.69, 9.17) is 14.2 Å². The van der Waals surface area contributed by atoms with Crippen LogP contribution < -0.4 is 9.64 Å². The smallest absolute Gasteiger partial charge is 0.157 e. The van der Waals surface area contributed by atoms with E-state index in [1.165, 1.54) is 44.2 Å². The number of aromatic nitrogens is 1. The van der Waals surface area contributed by atoms with Gasteiger partial charge in [-0.3, -0.25) is 9.69 Å². The molecular weight excluding hydrogens is 418 g/mol. The fraction of sp³-hybridized carbons (Fsp3) is 0.769. The lowest BCUT2D eigenvalue weighted by molar-refractivity contribution is -0.128. The van der Waals surface area contributed by atoms with Crippen LogP contribution in [0.3, 0.4) is 0 Å². The summed E-state index contributed by atoms with van der Waals surface area (Å²) in [4.78, 5) is 22.0. The molecule has 1 saturated carbocycles. The van der Waals surface area contributed by atoms with Gasteiger partial charge in [-0.15, -0.1) is 0 Å². The van der Waals surface area contributed by atoms with Crippen molar-refractivity contribution < 1.29 is 19.0 Å². The maximum absolute atomic E-state index is 12.3. The molecule has 2 fully saturated rings. The van der Waals surface area contributed by atoms with Crippen molar-refractivity contribution in [2.24, 2.45) is 11.8 Å². The average molecular weight is 460 g/mol. The van der Waals surface area contributed by atoms with Crippen LogP contribution in [0.15, 0.2) is 12.3 Å². The molecule has 2 aliphatic heterocycles. The Balaban J connectivity index is 1.11. The number of methoxy groups -OCH3 is 2. The van der Waals surface area contributed by atoms with Crippen LogP contribution >= 0.6 is 0 Å². The fourth-order valence-electron chi connectivity index (χ4n) is 5.68. The Morgan fingerprint density at radius 3 is 2.58 bits per heavy atom. The lowest BCUT2D eigenvalue weighted by Crippen LogP contribution is -2.47. The monoisotopic (exact) mass is 459 g/mol. The number of piperazine rings is 1. The minimum Gasteiger partial charge on any atom is -0.493 e. The first-order valence-electron chi connectivity index (χ1n) is 12.8. The first-order valence-corrected chi connectivity index (χ1v) is 12.8. The number of pyridine rings is 1. The summed E-state index contributed by atoms with van der Waals surface area (Å²) in [6.07, 6.45) is 10.8. The van der Waals surface area contributed by atoms with Crippen LogP contribution in [0.5, 0.6) is 5.75 Å². The third-order valence-corrected chi connectivity index (χ3v) is 7.79. The van der Waals surface area contributed by atoms with Crippen LogP contribution in [-0.2, 0) is 20.7 Å². The van der Waals surface area contributed by atoms with E-state index in [1.54, 1.807) is 14.2 Å². The first-order chi connectivity index (χ1) is 16.2. The summed E-state index contributed by atoms with van der Waals surface area (Å²) in [5, 5.41) is 0. The molecule has 0 unspecified atom stereocenters. The number of nitrogens with zero attached hydrogens (tertiary/aromatic N) is 3. The molecular formula is C26H41N3O4. The molecule has 0 amide bonds. The average Bonchev–Trinajstić information content (AvgIpc) is 3.34. The second-order valence-electron chi connectivity index (χ2n) is 9.90. The lowest BCUT2D eigenvalue weighted by atomic mass is 9.78. The molecule has 0 bridgehead atoms. The SMILES string of the molecule is COC(CCC(=O)CC1CCC(CCN2CCN(c3nccc4c3CCO4)CC2)CC1)OC. The Morgan fingerprint density at radius 1 is 1.12 bits per heavy atom. The van der Waals surface area contributed by atoms with E-state index in [0.717, 1.165) is 63.1 Å². The Labute approximate surface area is 198 Å². The quantitative estimate of drug-likeness (QED) is 0.468. The van der Waals surface area contributed by atoms with Crippen LogP contribution in [-0.4, -0.2) is 75.5 Å².